The van der Waals surface area contributed by atoms with E-state index in [2.05, 4.69) is 10.2 Å². The van der Waals surface area contributed by atoms with Crippen LogP contribution in [0.2, 0.25) is 0 Å². The number of hydrogen-bond acceptors (Lipinski definition) is 3. The molecule has 1 saturated heterocycles. The summed E-state index contributed by atoms with van der Waals surface area (Å²) in [5, 5.41) is 12.0. The average molecular weight is 228 g/mol. The highest BCUT2D eigenvalue weighted by molar-refractivity contribution is 5.75. The second kappa shape index (κ2) is 6.86. The van der Waals surface area contributed by atoms with E-state index in [1.165, 1.54) is 12.8 Å². The number of rotatable bonds is 6. The van der Waals surface area contributed by atoms with Crippen molar-refractivity contribution in [1.82, 2.24) is 10.2 Å². The monoisotopic (exact) mass is 228 g/mol. The number of likely N-dealkylation sites (tertiary alicyclic amines) is 1. The van der Waals surface area contributed by atoms with E-state index >= 15 is 0 Å². The summed E-state index contributed by atoms with van der Waals surface area (Å²) >= 11 is 0. The molecule has 2 unspecified atom stereocenters. The van der Waals surface area contributed by atoms with E-state index in [0.717, 1.165) is 25.9 Å². The van der Waals surface area contributed by atoms with Gasteiger partial charge in [-0.2, -0.15) is 0 Å². The fourth-order valence-corrected chi connectivity index (χ4v) is 2.42. The van der Waals surface area contributed by atoms with Gasteiger partial charge in [-0.25, -0.2) is 0 Å². The Kier molecular flexibility index (Phi) is 5.77. The minimum Gasteiger partial charge on any atom is -0.393 e. The summed E-state index contributed by atoms with van der Waals surface area (Å²) in [4.78, 5) is 13.5. The van der Waals surface area contributed by atoms with Gasteiger partial charge in [-0.05, 0) is 45.7 Å². The number of aliphatic hydroxyl groups is 1. The first kappa shape index (κ1) is 13.5. The fraction of sp³-hybridized carbons (Fsp3) is 0.917. The van der Waals surface area contributed by atoms with Crippen molar-refractivity contribution >= 4 is 5.91 Å². The Morgan fingerprint density at radius 1 is 1.62 bits per heavy atom. The molecule has 0 aromatic carbocycles. The average Bonchev–Trinajstić information content (AvgIpc) is 2.64. The third kappa shape index (κ3) is 4.49. The van der Waals surface area contributed by atoms with Crippen LogP contribution >= 0.6 is 0 Å². The van der Waals surface area contributed by atoms with Crippen LogP contribution in [0.15, 0.2) is 0 Å². The first-order valence-corrected chi connectivity index (χ1v) is 6.26. The van der Waals surface area contributed by atoms with Crippen LogP contribution in [-0.4, -0.2) is 48.2 Å². The molecule has 0 radical (unpaired) electrons. The molecule has 2 atom stereocenters. The quantitative estimate of drug-likeness (QED) is 0.705. The second-order valence-electron chi connectivity index (χ2n) is 4.69. The zero-order chi connectivity index (χ0) is 12.0. The van der Waals surface area contributed by atoms with Crippen LogP contribution in [0.5, 0.6) is 0 Å². The van der Waals surface area contributed by atoms with Gasteiger partial charge in [-0.15, -0.1) is 0 Å². The van der Waals surface area contributed by atoms with Crippen LogP contribution in [0.4, 0.5) is 0 Å². The molecule has 4 nitrogen and oxygen atoms in total. The molecule has 0 bridgehead atoms. The lowest BCUT2D eigenvalue weighted by molar-refractivity contribution is -0.120. The van der Waals surface area contributed by atoms with E-state index in [1.807, 2.05) is 6.92 Å². The van der Waals surface area contributed by atoms with E-state index in [4.69, 9.17) is 0 Å². The van der Waals surface area contributed by atoms with E-state index in [-0.39, 0.29) is 12.0 Å². The molecular weight excluding hydrogens is 204 g/mol. The molecular formula is C12H24N2O2. The fourth-order valence-electron chi connectivity index (χ4n) is 2.42. The zero-order valence-corrected chi connectivity index (χ0v) is 10.4. The number of aliphatic hydroxyl groups excluding tert-OH is 1. The van der Waals surface area contributed by atoms with Crippen molar-refractivity contribution in [2.45, 2.75) is 51.2 Å². The van der Waals surface area contributed by atoms with Gasteiger partial charge in [0.1, 0.15) is 0 Å². The van der Waals surface area contributed by atoms with Crippen LogP contribution in [0.3, 0.4) is 0 Å². The summed E-state index contributed by atoms with van der Waals surface area (Å²) < 4.78 is 0. The normalized spacial score (nSPS) is 23.3. The molecule has 1 amide bonds. The lowest BCUT2D eigenvalue weighted by Crippen LogP contribution is -2.33. The number of carbonyl (C=O) groups is 1. The summed E-state index contributed by atoms with van der Waals surface area (Å²) in [5.41, 5.74) is 0. The highest BCUT2D eigenvalue weighted by atomic mass is 16.3. The molecule has 1 fully saturated rings. The standard InChI is InChI=1S/C12H24N2O2/c1-10(15)9-11-5-3-7-14(11)8-4-6-12(16)13-2/h10-11,15H,3-9H2,1-2H3,(H,13,16). The highest BCUT2D eigenvalue weighted by Gasteiger charge is 2.24. The maximum Gasteiger partial charge on any atom is 0.219 e. The zero-order valence-electron chi connectivity index (χ0n) is 10.4. The lowest BCUT2D eigenvalue weighted by atomic mass is 10.1. The maximum absolute atomic E-state index is 11.1. The van der Waals surface area contributed by atoms with Crippen molar-refractivity contribution in [1.29, 1.82) is 0 Å². The van der Waals surface area contributed by atoms with Crippen molar-refractivity contribution in [3.05, 3.63) is 0 Å². The highest BCUT2D eigenvalue weighted by Crippen LogP contribution is 2.21. The van der Waals surface area contributed by atoms with E-state index < -0.39 is 0 Å². The topological polar surface area (TPSA) is 52.6 Å². The van der Waals surface area contributed by atoms with Gasteiger partial charge in [-0.3, -0.25) is 4.79 Å². The van der Waals surface area contributed by atoms with Gasteiger partial charge < -0.3 is 15.3 Å². The van der Waals surface area contributed by atoms with Gasteiger partial charge in [-0.1, -0.05) is 0 Å². The van der Waals surface area contributed by atoms with Gasteiger partial charge in [0.2, 0.25) is 5.91 Å². The number of carbonyl (C=O) groups excluding carboxylic acids is 1. The summed E-state index contributed by atoms with van der Waals surface area (Å²) in [6.45, 7) is 3.94. The van der Waals surface area contributed by atoms with E-state index in [9.17, 15) is 9.90 Å². The minimum absolute atomic E-state index is 0.117. The minimum atomic E-state index is -0.218. The lowest BCUT2D eigenvalue weighted by Gasteiger charge is -2.25. The summed E-state index contributed by atoms with van der Waals surface area (Å²) in [5.74, 6) is 0.117. The van der Waals surface area contributed by atoms with Crippen LogP contribution in [0, 0.1) is 0 Å². The van der Waals surface area contributed by atoms with Crippen molar-refractivity contribution < 1.29 is 9.90 Å². The van der Waals surface area contributed by atoms with Crippen molar-refractivity contribution in [3.8, 4) is 0 Å². The van der Waals surface area contributed by atoms with Gasteiger partial charge in [0, 0.05) is 19.5 Å². The largest absolute Gasteiger partial charge is 0.393 e. The van der Waals surface area contributed by atoms with Crippen LogP contribution in [0.25, 0.3) is 0 Å². The van der Waals surface area contributed by atoms with Crippen molar-refractivity contribution in [2.24, 2.45) is 0 Å². The van der Waals surface area contributed by atoms with Crippen LogP contribution in [-0.2, 0) is 4.79 Å². The SMILES string of the molecule is CNC(=O)CCCN1CCCC1CC(C)O. The molecule has 16 heavy (non-hydrogen) atoms. The third-order valence-electron chi connectivity index (χ3n) is 3.24. The number of hydrogen-bond donors (Lipinski definition) is 2. The Bertz CT molecular complexity index is 219. The predicted octanol–water partition coefficient (Wildman–Crippen LogP) is 0.748. The smallest absolute Gasteiger partial charge is 0.219 e. The molecule has 0 spiro atoms. The second-order valence-corrected chi connectivity index (χ2v) is 4.69. The molecule has 0 aromatic heterocycles. The van der Waals surface area contributed by atoms with Gasteiger partial charge >= 0.3 is 0 Å². The van der Waals surface area contributed by atoms with Crippen LogP contribution < -0.4 is 5.32 Å². The Hall–Kier alpha value is -0.610. The molecule has 2 N–H and O–H groups in total. The van der Waals surface area contributed by atoms with Crippen LogP contribution in [0.1, 0.15) is 39.0 Å². The Balaban J connectivity index is 2.22. The molecule has 1 heterocycles. The summed E-state index contributed by atoms with van der Waals surface area (Å²) in [6, 6.07) is 0.518. The van der Waals surface area contributed by atoms with Crippen molar-refractivity contribution in [2.75, 3.05) is 20.1 Å². The number of nitrogens with one attached hydrogen (secondary N) is 1. The Morgan fingerprint density at radius 3 is 3.00 bits per heavy atom. The van der Waals surface area contributed by atoms with Gasteiger partial charge in [0.25, 0.3) is 0 Å². The summed E-state index contributed by atoms with van der Waals surface area (Å²) in [7, 11) is 1.68. The molecule has 0 aliphatic carbocycles. The van der Waals surface area contributed by atoms with Gasteiger partial charge in [0.05, 0.1) is 6.10 Å². The van der Waals surface area contributed by atoms with E-state index in [1.54, 1.807) is 7.05 Å². The third-order valence-corrected chi connectivity index (χ3v) is 3.24. The summed E-state index contributed by atoms with van der Waals surface area (Å²) in [6.07, 6.45) is 4.57. The molecule has 1 aliphatic heterocycles. The van der Waals surface area contributed by atoms with Gasteiger partial charge in [0.15, 0.2) is 0 Å². The molecule has 0 aromatic rings. The number of nitrogens with zero attached hydrogens (tertiary/aromatic N) is 1. The first-order chi connectivity index (χ1) is 7.63. The maximum atomic E-state index is 11.1. The molecule has 0 saturated carbocycles. The molecule has 1 rings (SSSR count). The molecule has 4 heteroatoms. The first-order valence-electron chi connectivity index (χ1n) is 6.26. The Labute approximate surface area is 98.0 Å². The van der Waals surface area contributed by atoms with Crippen molar-refractivity contribution in [3.63, 3.8) is 0 Å². The number of amides is 1. The molecule has 94 valence electrons. The van der Waals surface area contributed by atoms with E-state index in [0.29, 0.717) is 12.5 Å². The molecule has 1 aliphatic rings. The predicted molar refractivity (Wildman–Crippen MR) is 64.2 cm³/mol. The Morgan fingerprint density at radius 2 is 2.38 bits per heavy atom.